The minimum absolute atomic E-state index is 0.116. The number of carbonyl (C=O) groups excluding carboxylic acids is 1. The van der Waals surface area contributed by atoms with Gasteiger partial charge in [0.2, 0.25) is 0 Å². The van der Waals surface area contributed by atoms with Gasteiger partial charge in [0.05, 0.1) is 12.9 Å². The number of hydrogen-bond acceptors (Lipinski definition) is 4. The first kappa shape index (κ1) is 14.2. The number of unbranched alkanes of at least 4 members (excludes halogenated alkanes) is 1. The average molecular weight is 271 g/mol. The van der Waals surface area contributed by atoms with Crippen molar-refractivity contribution >= 4 is 17.7 Å². The smallest absolute Gasteiger partial charge is 0.315 e. The summed E-state index contributed by atoms with van der Waals surface area (Å²) < 4.78 is 4.61. The van der Waals surface area contributed by atoms with Crippen LogP contribution in [0.15, 0.2) is 0 Å². The molecule has 2 saturated carbocycles. The molecule has 18 heavy (non-hydrogen) atoms. The summed E-state index contributed by atoms with van der Waals surface area (Å²) in [4.78, 5) is 10.9. The molecule has 0 aliphatic heterocycles. The highest BCUT2D eigenvalue weighted by Crippen LogP contribution is 2.49. The fourth-order valence-electron chi connectivity index (χ4n) is 3.68. The van der Waals surface area contributed by atoms with E-state index in [1.165, 1.54) is 45.6 Å². The van der Waals surface area contributed by atoms with Crippen LogP contribution in [0, 0.1) is 17.8 Å². The highest BCUT2D eigenvalue weighted by atomic mass is 32.2. The Balaban J connectivity index is 1.52. The third-order valence-electron chi connectivity index (χ3n) is 4.68. The van der Waals surface area contributed by atoms with Gasteiger partial charge in [-0.25, -0.2) is 0 Å². The second-order valence-electron chi connectivity index (χ2n) is 5.70. The van der Waals surface area contributed by atoms with Crippen molar-refractivity contribution in [2.75, 3.05) is 18.6 Å². The summed E-state index contributed by atoms with van der Waals surface area (Å²) in [7, 11) is 1.44. The molecule has 0 spiro atoms. The normalized spacial score (nSPS) is 33.9. The first-order valence-electron chi connectivity index (χ1n) is 7.12. The Morgan fingerprint density at radius 3 is 2.78 bits per heavy atom. The molecular weight excluding hydrogens is 246 g/mol. The number of rotatable bonds is 7. The van der Waals surface area contributed by atoms with Crippen LogP contribution in [0.25, 0.3) is 0 Å². The van der Waals surface area contributed by atoms with Crippen LogP contribution < -0.4 is 5.73 Å². The van der Waals surface area contributed by atoms with Gasteiger partial charge in [0, 0.05) is 6.04 Å². The fraction of sp³-hybridized carbons (Fsp3) is 0.929. The van der Waals surface area contributed by atoms with E-state index in [2.05, 4.69) is 4.74 Å². The fourth-order valence-corrected chi connectivity index (χ4v) is 4.52. The van der Waals surface area contributed by atoms with Gasteiger partial charge in [0.25, 0.3) is 0 Å². The summed E-state index contributed by atoms with van der Waals surface area (Å²) >= 11 is 1.68. The number of methoxy groups -OCH3 is 1. The predicted octanol–water partition coefficient (Wildman–Crippen LogP) is 2.44. The lowest BCUT2D eigenvalue weighted by atomic mass is 9.82. The Morgan fingerprint density at radius 2 is 2.11 bits per heavy atom. The number of carbonyl (C=O) groups is 1. The molecule has 4 heteroatoms. The van der Waals surface area contributed by atoms with Crippen LogP contribution in [0.1, 0.15) is 38.5 Å². The molecule has 0 saturated heterocycles. The van der Waals surface area contributed by atoms with Crippen molar-refractivity contribution in [2.45, 2.75) is 44.6 Å². The Bertz CT molecular complexity index is 283. The molecule has 2 fully saturated rings. The highest BCUT2D eigenvalue weighted by molar-refractivity contribution is 7.99. The van der Waals surface area contributed by atoms with Gasteiger partial charge in [-0.1, -0.05) is 6.42 Å². The lowest BCUT2D eigenvalue weighted by Gasteiger charge is -2.28. The maximum atomic E-state index is 10.9. The van der Waals surface area contributed by atoms with Gasteiger partial charge in [0.1, 0.15) is 0 Å². The minimum Gasteiger partial charge on any atom is -0.468 e. The van der Waals surface area contributed by atoms with Crippen molar-refractivity contribution in [2.24, 2.45) is 23.5 Å². The maximum Gasteiger partial charge on any atom is 0.315 e. The van der Waals surface area contributed by atoms with E-state index in [0.717, 1.165) is 23.5 Å². The molecule has 0 aromatic heterocycles. The van der Waals surface area contributed by atoms with Crippen molar-refractivity contribution in [3.05, 3.63) is 0 Å². The molecule has 2 aliphatic carbocycles. The van der Waals surface area contributed by atoms with Crippen molar-refractivity contribution in [3.8, 4) is 0 Å². The highest BCUT2D eigenvalue weighted by Gasteiger charge is 2.44. The molecule has 0 radical (unpaired) electrons. The van der Waals surface area contributed by atoms with E-state index >= 15 is 0 Å². The monoisotopic (exact) mass is 271 g/mol. The molecular formula is C14H25NO2S. The van der Waals surface area contributed by atoms with Crippen LogP contribution in [0.2, 0.25) is 0 Å². The zero-order chi connectivity index (χ0) is 13.0. The Kier molecular flexibility index (Phi) is 5.37. The summed E-state index contributed by atoms with van der Waals surface area (Å²) in [6, 6.07) is 0.478. The van der Waals surface area contributed by atoms with E-state index in [1.807, 2.05) is 0 Å². The largest absolute Gasteiger partial charge is 0.468 e. The zero-order valence-electron chi connectivity index (χ0n) is 11.3. The Hall–Kier alpha value is -0.220. The average Bonchev–Trinajstić information content (AvgIpc) is 2.95. The minimum atomic E-state index is -0.116. The predicted molar refractivity (Wildman–Crippen MR) is 75.5 cm³/mol. The molecule has 2 aliphatic rings. The molecule has 0 amide bonds. The van der Waals surface area contributed by atoms with Crippen LogP contribution in [0.3, 0.4) is 0 Å². The van der Waals surface area contributed by atoms with E-state index < -0.39 is 0 Å². The number of esters is 1. The molecule has 0 aromatic rings. The summed E-state index contributed by atoms with van der Waals surface area (Å²) in [5.41, 5.74) is 6.30. The standard InChI is InChI=1S/C14H25NO2S/c1-17-13(16)9-18-7-3-2-4-12-10-5-6-11(8-10)14(12)15/h10-12,14H,2-9,15H2,1H3. The summed E-state index contributed by atoms with van der Waals surface area (Å²) in [5.74, 6) is 3.97. The van der Waals surface area contributed by atoms with Gasteiger partial charge in [-0.15, -0.1) is 0 Å². The number of thioether (sulfide) groups is 1. The van der Waals surface area contributed by atoms with Gasteiger partial charge in [-0.3, -0.25) is 4.79 Å². The van der Waals surface area contributed by atoms with Gasteiger partial charge in [0.15, 0.2) is 0 Å². The molecule has 2 rings (SSSR count). The topological polar surface area (TPSA) is 52.3 Å². The Labute approximate surface area is 114 Å². The van der Waals surface area contributed by atoms with Crippen molar-refractivity contribution in [1.82, 2.24) is 0 Å². The van der Waals surface area contributed by atoms with Crippen LogP contribution in [0.5, 0.6) is 0 Å². The van der Waals surface area contributed by atoms with Crippen LogP contribution in [-0.2, 0) is 9.53 Å². The van der Waals surface area contributed by atoms with Gasteiger partial charge >= 0.3 is 5.97 Å². The summed E-state index contributed by atoms with van der Waals surface area (Å²) in [6.45, 7) is 0. The third kappa shape index (κ3) is 3.41. The molecule has 4 atom stereocenters. The zero-order valence-corrected chi connectivity index (χ0v) is 12.1. The van der Waals surface area contributed by atoms with Crippen molar-refractivity contribution < 1.29 is 9.53 Å². The first-order valence-corrected chi connectivity index (χ1v) is 8.28. The Morgan fingerprint density at radius 1 is 1.33 bits per heavy atom. The second-order valence-corrected chi connectivity index (χ2v) is 6.80. The second kappa shape index (κ2) is 6.80. The van der Waals surface area contributed by atoms with E-state index in [1.54, 1.807) is 11.8 Å². The first-order chi connectivity index (χ1) is 8.72. The lowest BCUT2D eigenvalue weighted by molar-refractivity contribution is -0.137. The number of nitrogens with two attached hydrogens (primary N) is 1. The number of hydrogen-bond donors (Lipinski definition) is 1. The molecule has 104 valence electrons. The van der Waals surface area contributed by atoms with Crippen LogP contribution >= 0.6 is 11.8 Å². The van der Waals surface area contributed by atoms with E-state index in [0.29, 0.717) is 11.8 Å². The van der Waals surface area contributed by atoms with Crippen LogP contribution in [0.4, 0.5) is 0 Å². The van der Waals surface area contributed by atoms with E-state index in [-0.39, 0.29) is 5.97 Å². The quantitative estimate of drug-likeness (QED) is 0.571. The van der Waals surface area contributed by atoms with Gasteiger partial charge < -0.3 is 10.5 Å². The molecule has 0 heterocycles. The summed E-state index contributed by atoms with van der Waals surface area (Å²) in [5, 5.41) is 0. The number of ether oxygens (including phenoxy) is 1. The maximum absolute atomic E-state index is 10.9. The summed E-state index contributed by atoms with van der Waals surface area (Å²) in [6.07, 6.45) is 7.93. The molecule has 4 unspecified atom stereocenters. The van der Waals surface area contributed by atoms with Crippen molar-refractivity contribution in [1.29, 1.82) is 0 Å². The molecule has 2 bridgehead atoms. The SMILES string of the molecule is COC(=O)CSCCCCC1C2CCC(C2)C1N. The van der Waals surface area contributed by atoms with Gasteiger partial charge in [-0.2, -0.15) is 11.8 Å². The molecule has 3 nitrogen and oxygen atoms in total. The number of fused-ring (bicyclic) bond motifs is 2. The van der Waals surface area contributed by atoms with E-state index in [9.17, 15) is 4.79 Å². The van der Waals surface area contributed by atoms with Crippen LogP contribution in [-0.4, -0.2) is 30.6 Å². The lowest BCUT2D eigenvalue weighted by Crippen LogP contribution is -2.35. The third-order valence-corrected chi connectivity index (χ3v) is 5.70. The van der Waals surface area contributed by atoms with Crippen molar-refractivity contribution in [3.63, 3.8) is 0 Å². The molecule has 0 aromatic carbocycles. The molecule has 2 N–H and O–H groups in total. The van der Waals surface area contributed by atoms with E-state index in [4.69, 9.17) is 5.73 Å². The van der Waals surface area contributed by atoms with Gasteiger partial charge in [-0.05, 0) is 55.6 Å².